The molecule has 0 aliphatic heterocycles. The minimum atomic E-state index is -8.41. The van der Waals surface area contributed by atoms with E-state index in [2.05, 4.69) is 0 Å². The molecule has 0 aliphatic rings. The van der Waals surface area contributed by atoms with Crippen LogP contribution in [0.2, 0.25) is 0 Å². The van der Waals surface area contributed by atoms with Gasteiger partial charge in [0, 0.05) is 0 Å². The van der Waals surface area contributed by atoms with Gasteiger partial charge in [0.1, 0.15) is 5.56 Å². The topological polar surface area (TPSA) is 20.2 Å². The zero-order chi connectivity index (χ0) is 24.5. The molecule has 0 aliphatic carbocycles. The molecule has 0 saturated carbocycles. The minimum absolute atomic E-state index is 3.19. The number of alkyl halides is 13. The second kappa shape index (κ2) is 6.66. The van der Waals surface area contributed by atoms with E-state index in [4.69, 9.17) is 5.11 Å². The van der Waals surface area contributed by atoms with Crippen LogP contribution in [0.3, 0.4) is 0 Å². The molecule has 1 aromatic rings. The molecule has 0 heterocycles. The summed E-state index contributed by atoms with van der Waals surface area (Å²) < 4.78 is 220. The maximum absolute atomic E-state index is 13.7. The first-order valence-electron chi connectivity index (χ1n) is 6.44. The second-order valence-corrected chi connectivity index (χ2v) is 5.35. The molecular weight excluding hydrogens is 483 g/mol. The fourth-order valence-electron chi connectivity index (χ4n) is 1.83. The molecule has 1 nitrogen and oxygen atoms in total. The highest BCUT2D eigenvalue weighted by Crippen LogP contribution is 2.63. The van der Waals surface area contributed by atoms with Crippen molar-refractivity contribution >= 4 is 0 Å². The normalized spacial score (nSPS) is 15.0. The Balaban J connectivity index is 3.87. The molecule has 0 amide bonds. The lowest BCUT2D eigenvalue weighted by molar-refractivity contribution is -0.442. The molecule has 30 heavy (non-hydrogen) atoms. The molecule has 0 spiro atoms. The minimum Gasteiger partial charge on any atom is -0.504 e. The predicted octanol–water partition coefficient (Wildman–Crippen LogP) is 6.14. The van der Waals surface area contributed by atoms with Crippen molar-refractivity contribution in [1.82, 2.24) is 0 Å². The molecule has 0 bridgehead atoms. The third-order valence-corrected chi connectivity index (χ3v) is 3.49. The summed E-state index contributed by atoms with van der Waals surface area (Å²) in [6, 6.07) is 0. The van der Waals surface area contributed by atoms with E-state index in [0.29, 0.717) is 0 Å². The van der Waals surface area contributed by atoms with E-state index in [1.165, 1.54) is 0 Å². The van der Waals surface area contributed by atoms with Gasteiger partial charge < -0.3 is 5.11 Å². The highest BCUT2D eigenvalue weighted by Gasteiger charge is 2.91. The van der Waals surface area contributed by atoms with Crippen molar-refractivity contribution in [2.24, 2.45) is 0 Å². The van der Waals surface area contributed by atoms with E-state index in [-0.39, 0.29) is 0 Å². The van der Waals surface area contributed by atoms with Gasteiger partial charge in [-0.2, -0.15) is 61.5 Å². The number of aromatic hydroxyl groups is 1. The van der Waals surface area contributed by atoms with Crippen LogP contribution in [0.1, 0.15) is 5.56 Å². The summed E-state index contributed by atoms with van der Waals surface area (Å²) in [7, 11) is 0. The molecule has 0 radical (unpaired) electrons. The molecule has 1 aromatic carbocycles. The highest BCUT2D eigenvalue weighted by molar-refractivity contribution is 5.41. The van der Waals surface area contributed by atoms with Crippen molar-refractivity contribution in [2.75, 3.05) is 0 Å². The van der Waals surface area contributed by atoms with Crippen LogP contribution in [0.25, 0.3) is 0 Å². The standard InChI is InChI=1S/C12HF17O/c13-2-1(6(30)5(16)4(15)3(2)14)7(17,18)8(19,20)9(21,22)10(23,24)11(25,26)12(27,28)29/h30H. The summed E-state index contributed by atoms with van der Waals surface area (Å²) in [6.07, 6.45) is -7.72. The molecule has 0 saturated heterocycles. The van der Waals surface area contributed by atoms with Crippen LogP contribution < -0.4 is 0 Å². The fraction of sp³-hybridized carbons (Fsp3) is 0.500. The number of phenolic OH excluding ortho intramolecular Hbond substituents is 1. The molecule has 0 fully saturated rings. The van der Waals surface area contributed by atoms with Gasteiger partial charge in [0.25, 0.3) is 0 Å². The number of hydrogen-bond donors (Lipinski definition) is 1. The Morgan fingerprint density at radius 1 is 0.433 bits per heavy atom. The number of benzene rings is 1. The molecule has 0 aromatic heterocycles. The van der Waals surface area contributed by atoms with E-state index in [1.54, 1.807) is 0 Å². The zero-order valence-electron chi connectivity index (χ0n) is 12.9. The van der Waals surface area contributed by atoms with Crippen LogP contribution in [0.15, 0.2) is 0 Å². The zero-order valence-corrected chi connectivity index (χ0v) is 12.9. The van der Waals surface area contributed by atoms with Crippen LogP contribution in [0, 0.1) is 23.3 Å². The SMILES string of the molecule is Oc1c(F)c(F)c(F)c(F)c1C(F)(F)C(F)(F)C(F)(F)C(F)(F)C(F)(F)C(F)(F)F. The first kappa shape index (κ1) is 25.9. The quantitative estimate of drug-likeness (QED) is 0.303. The lowest BCUT2D eigenvalue weighted by Gasteiger charge is -2.39. The molecule has 1 rings (SSSR count). The molecule has 174 valence electrons. The summed E-state index contributed by atoms with van der Waals surface area (Å²) in [4.78, 5) is 0. The Morgan fingerprint density at radius 3 is 1.13 bits per heavy atom. The van der Waals surface area contributed by atoms with Gasteiger partial charge in [-0.15, -0.1) is 0 Å². The van der Waals surface area contributed by atoms with Gasteiger partial charge in [0.05, 0.1) is 0 Å². The fourth-order valence-corrected chi connectivity index (χ4v) is 1.83. The van der Waals surface area contributed by atoms with Gasteiger partial charge in [-0.25, -0.2) is 13.2 Å². The van der Waals surface area contributed by atoms with Crippen LogP contribution in [-0.2, 0) is 5.92 Å². The largest absolute Gasteiger partial charge is 0.504 e. The molecule has 0 unspecified atom stereocenters. The van der Waals surface area contributed by atoms with E-state index < -0.39 is 70.4 Å². The summed E-state index contributed by atoms with van der Waals surface area (Å²) in [5, 5.41) is 8.74. The number of rotatable bonds is 5. The van der Waals surface area contributed by atoms with Crippen LogP contribution >= 0.6 is 0 Å². The van der Waals surface area contributed by atoms with Crippen molar-refractivity contribution in [3.8, 4) is 5.75 Å². The van der Waals surface area contributed by atoms with Gasteiger partial charge >= 0.3 is 35.8 Å². The smallest absolute Gasteiger partial charge is 0.460 e. The van der Waals surface area contributed by atoms with Gasteiger partial charge in [-0.3, -0.25) is 0 Å². The summed E-state index contributed by atoms with van der Waals surface area (Å²) >= 11 is 0. The van der Waals surface area contributed by atoms with Gasteiger partial charge in [-0.1, -0.05) is 0 Å². The van der Waals surface area contributed by atoms with Crippen LogP contribution in [-0.4, -0.2) is 35.0 Å². The second-order valence-electron chi connectivity index (χ2n) is 5.35. The first-order chi connectivity index (χ1) is 12.9. The third kappa shape index (κ3) is 3.00. The Bertz CT molecular complexity index is 807. The average Bonchev–Trinajstić information content (AvgIpc) is 2.56. The maximum Gasteiger partial charge on any atom is 0.460 e. The van der Waals surface area contributed by atoms with Crippen molar-refractivity contribution in [1.29, 1.82) is 0 Å². The van der Waals surface area contributed by atoms with E-state index in [0.717, 1.165) is 0 Å². The number of phenols is 1. The summed E-state index contributed by atoms with van der Waals surface area (Å²) in [6.45, 7) is 0. The molecule has 0 atom stereocenters. The number of hydrogen-bond acceptors (Lipinski definition) is 1. The van der Waals surface area contributed by atoms with Crippen LogP contribution in [0.5, 0.6) is 5.75 Å². The van der Waals surface area contributed by atoms with E-state index in [1.807, 2.05) is 0 Å². The summed E-state index contributed by atoms with van der Waals surface area (Å²) in [5.74, 6) is -57.7. The Morgan fingerprint density at radius 2 is 0.767 bits per heavy atom. The Hall–Kier alpha value is -2.17. The Kier molecular flexibility index (Phi) is 5.75. The molecular formula is C12HF17O. The van der Waals surface area contributed by atoms with E-state index in [9.17, 15) is 74.6 Å². The van der Waals surface area contributed by atoms with Crippen molar-refractivity contribution < 1.29 is 79.7 Å². The lowest BCUT2D eigenvalue weighted by atomic mass is 9.89. The average molecular weight is 484 g/mol. The maximum atomic E-state index is 13.7. The van der Waals surface area contributed by atoms with Crippen LogP contribution in [0.4, 0.5) is 74.6 Å². The first-order valence-corrected chi connectivity index (χ1v) is 6.44. The van der Waals surface area contributed by atoms with Gasteiger partial charge in [0.2, 0.25) is 11.6 Å². The van der Waals surface area contributed by atoms with E-state index >= 15 is 0 Å². The van der Waals surface area contributed by atoms with Crippen molar-refractivity contribution in [3.05, 3.63) is 28.8 Å². The predicted molar refractivity (Wildman–Crippen MR) is 57.7 cm³/mol. The Labute approximate surface area is 151 Å². The van der Waals surface area contributed by atoms with Crippen molar-refractivity contribution in [3.63, 3.8) is 0 Å². The highest BCUT2D eigenvalue weighted by atomic mass is 19.4. The molecule has 18 heteroatoms. The van der Waals surface area contributed by atoms with Gasteiger partial charge in [0.15, 0.2) is 17.4 Å². The van der Waals surface area contributed by atoms with Gasteiger partial charge in [-0.05, 0) is 0 Å². The van der Waals surface area contributed by atoms with Crippen molar-refractivity contribution in [2.45, 2.75) is 35.8 Å². The summed E-state index contributed by atoms with van der Waals surface area (Å²) in [5.41, 5.74) is -3.96. The molecule has 1 N–H and O–H groups in total. The monoisotopic (exact) mass is 484 g/mol. The number of halogens is 17. The lowest BCUT2D eigenvalue weighted by Crippen LogP contribution is -2.69. The third-order valence-electron chi connectivity index (χ3n) is 3.49.